The van der Waals surface area contributed by atoms with Gasteiger partial charge in [0.15, 0.2) is 0 Å². The number of Topliss-reactive ketones (excluding diaryl/α,β-unsaturated/α-hetero) is 1. The van der Waals surface area contributed by atoms with Crippen LogP contribution in [-0.2, 0) is 16.0 Å². The van der Waals surface area contributed by atoms with Crippen LogP contribution < -0.4 is 10.1 Å². The summed E-state index contributed by atoms with van der Waals surface area (Å²) in [6.07, 6.45) is 8.55. The van der Waals surface area contributed by atoms with Crippen LogP contribution in [-0.4, -0.2) is 56.5 Å². The number of piperidine rings is 1. The number of hydrogen-bond acceptors (Lipinski definition) is 8. The first-order chi connectivity index (χ1) is 22.6. The lowest BCUT2D eigenvalue weighted by Crippen LogP contribution is -2.47. The summed E-state index contributed by atoms with van der Waals surface area (Å²) in [4.78, 5) is 41.6. The van der Waals surface area contributed by atoms with Gasteiger partial charge in [-0.15, -0.1) is 0 Å². The number of hydrogen-bond donors (Lipinski definition) is 1. The molecule has 3 atom stereocenters. The number of ketones is 1. The van der Waals surface area contributed by atoms with Gasteiger partial charge in [-0.05, 0) is 94.0 Å². The molecule has 1 saturated carbocycles. The summed E-state index contributed by atoms with van der Waals surface area (Å²) in [7, 11) is 0. The minimum atomic E-state index is -0.544. The molecule has 4 aromatic rings. The smallest absolute Gasteiger partial charge is 0.410 e. The maximum absolute atomic E-state index is 13.3. The van der Waals surface area contributed by atoms with Crippen LogP contribution in [0.4, 0.5) is 10.7 Å². The molecule has 9 heteroatoms. The average Bonchev–Trinajstić information content (AvgIpc) is 3.48. The fraction of sp³-hybridized carbons (Fsp3) is 0.447. The Morgan fingerprint density at radius 2 is 1.81 bits per heavy atom. The number of ether oxygens (including phenoxy) is 2. The van der Waals surface area contributed by atoms with E-state index in [4.69, 9.17) is 14.5 Å². The van der Waals surface area contributed by atoms with Gasteiger partial charge in [-0.1, -0.05) is 43.7 Å². The second-order valence-electron chi connectivity index (χ2n) is 14.0. The number of likely N-dealkylation sites (tertiary alicyclic amines) is 1. The summed E-state index contributed by atoms with van der Waals surface area (Å²) in [5, 5.41) is 5.39. The van der Waals surface area contributed by atoms with Crippen LogP contribution in [0.3, 0.4) is 0 Å². The molecule has 47 heavy (non-hydrogen) atoms. The van der Waals surface area contributed by atoms with Crippen molar-refractivity contribution in [3.05, 3.63) is 72.1 Å². The quantitative estimate of drug-likeness (QED) is 0.207. The van der Waals surface area contributed by atoms with Crippen LogP contribution >= 0.6 is 0 Å². The van der Waals surface area contributed by atoms with E-state index in [9.17, 15) is 9.59 Å². The Bertz CT molecular complexity index is 1770. The lowest BCUT2D eigenvalue weighted by molar-refractivity contribution is -0.123. The molecule has 3 heterocycles. The van der Waals surface area contributed by atoms with E-state index in [1.54, 1.807) is 17.3 Å². The van der Waals surface area contributed by atoms with E-state index in [1.807, 2.05) is 64.1 Å². The number of carbonyl (C=O) groups excluding carboxylic acids is 2. The number of aromatic nitrogens is 3. The Kier molecular flexibility index (Phi) is 9.43. The highest BCUT2D eigenvalue weighted by Gasteiger charge is 2.30. The molecule has 1 aliphatic heterocycles. The Balaban J connectivity index is 1.23. The Hall–Kier alpha value is -4.53. The summed E-state index contributed by atoms with van der Waals surface area (Å²) < 4.78 is 12.2. The maximum Gasteiger partial charge on any atom is 0.410 e. The normalized spacial score (nSPS) is 19.9. The summed E-state index contributed by atoms with van der Waals surface area (Å²) in [5.74, 6) is 2.55. The minimum absolute atomic E-state index is 0.00701. The van der Waals surface area contributed by atoms with E-state index in [2.05, 4.69) is 34.3 Å². The van der Waals surface area contributed by atoms with Crippen LogP contribution in [0.15, 0.2) is 60.9 Å². The predicted octanol–water partition coefficient (Wildman–Crippen LogP) is 8.15. The zero-order valence-electron chi connectivity index (χ0n) is 28.1. The number of nitrogens with zero attached hydrogens (tertiary/aromatic N) is 4. The molecular weight excluding hydrogens is 590 g/mol. The fourth-order valence-corrected chi connectivity index (χ4v) is 6.85. The molecule has 1 unspecified atom stereocenters. The number of rotatable bonds is 8. The standard InChI is InChI=1S/C38H45N5O4/c1-24-10-6-13-28(24)33(44)22-26-11-7-14-30-29(26)17-16-25(2)34(30)46-35-31(15-8-19-39-35)32-18-20-40-36(42-32)41-27-12-9-21-43(23-27)37(45)47-38(3,4)5/h7-8,11,14-20,24,27-28H,6,9-10,12-13,21-23H2,1-5H3,(H,40,41,42)/t24?,27-,28+/m0/s1. The average molecular weight is 636 g/mol. The Morgan fingerprint density at radius 3 is 2.60 bits per heavy atom. The molecule has 2 aromatic heterocycles. The van der Waals surface area contributed by atoms with Crippen molar-refractivity contribution in [1.82, 2.24) is 19.9 Å². The van der Waals surface area contributed by atoms with E-state index in [-0.39, 0.29) is 18.1 Å². The number of amides is 1. The highest BCUT2D eigenvalue weighted by molar-refractivity contribution is 5.96. The number of fused-ring (bicyclic) bond motifs is 1. The molecule has 246 valence electrons. The zero-order chi connectivity index (χ0) is 33.1. The van der Waals surface area contributed by atoms with E-state index in [0.717, 1.165) is 59.6 Å². The topological polar surface area (TPSA) is 107 Å². The highest BCUT2D eigenvalue weighted by atomic mass is 16.6. The molecule has 1 amide bonds. The number of pyridine rings is 1. The van der Waals surface area contributed by atoms with Crippen molar-refractivity contribution < 1.29 is 19.1 Å². The molecule has 2 fully saturated rings. The molecule has 1 aliphatic carbocycles. The summed E-state index contributed by atoms with van der Waals surface area (Å²) >= 11 is 0. The molecule has 0 radical (unpaired) electrons. The Labute approximate surface area is 277 Å². The van der Waals surface area contributed by atoms with E-state index in [1.165, 1.54) is 0 Å². The Morgan fingerprint density at radius 1 is 0.957 bits per heavy atom. The lowest BCUT2D eigenvalue weighted by Gasteiger charge is -2.34. The van der Waals surface area contributed by atoms with Crippen molar-refractivity contribution in [1.29, 1.82) is 0 Å². The largest absolute Gasteiger partial charge is 0.444 e. The van der Waals surface area contributed by atoms with Gasteiger partial charge in [-0.2, -0.15) is 0 Å². The first-order valence-corrected chi connectivity index (χ1v) is 16.8. The molecule has 1 N–H and O–H groups in total. The molecule has 6 rings (SSSR count). The van der Waals surface area contributed by atoms with E-state index >= 15 is 0 Å². The van der Waals surface area contributed by atoms with Crippen molar-refractivity contribution >= 4 is 28.6 Å². The molecule has 9 nitrogen and oxygen atoms in total. The van der Waals surface area contributed by atoms with Gasteiger partial charge in [-0.25, -0.2) is 19.7 Å². The van der Waals surface area contributed by atoms with Gasteiger partial charge in [-0.3, -0.25) is 4.79 Å². The zero-order valence-corrected chi connectivity index (χ0v) is 28.1. The molecule has 1 saturated heterocycles. The predicted molar refractivity (Wildman–Crippen MR) is 184 cm³/mol. The van der Waals surface area contributed by atoms with Gasteiger partial charge in [0.25, 0.3) is 0 Å². The van der Waals surface area contributed by atoms with Gasteiger partial charge >= 0.3 is 6.09 Å². The SMILES string of the molecule is Cc1ccc2c(CC(=O)[C@@H]3CCCC3C)cccc2c1Oc1ncccc1-c1ccnc(N[C@H]2CCCN(C(=O)OC(C)(C)C)C2)n1. The van der Waals surface area contributed by atoms with Gasteiger partial charge in [0.2, 0.25) is 11.8 Å². The van der Waals surface area contributed by atoms with Crippen LogP contribution in [0, 0.1) is 18.8 Å². The fourth-order valence-electron chi connectivity index (χ4n) is 6.85. The van der Waals surface area contributed by atoms with Crippen LogP contribution in [0.5, 0.6) is 11.6 Å². The number of nitrogens with one attached hydrogen (secondary N) is 1. The second-order valence-corrected chi connectivity index (χ2v) is 14.0. The van der Waals surface area contributed by atoms with Crippen molar-refractivity contribution in [3.8, 4) is 22.9 Å². The second kappa shape index (κ2) is 13.7. The highest BCUT2D eigenvalue weighted by Crippen LogP contribution is 2.39. The van der Waals surface area contributed by atoms with Crippen molar-refractivity contribution in [2.45, 2.75) is 84.8 Å². The molecule has 2 aliphatic rings. The minimum Gasteiger partial charge on any atom is -0.444 e. The lowest BCUT2D eigenvalue weighted by atomic mass is 9.88. The molecular formula is C38H45N5O4. The number of carbonyl (C=O) groups is 2. The monoisotopic (exact) mass is 635 g/mol. The first kappa shape index (κ1) is 32.4. The third-order valence-corrected chi connectivity index (χ3v) is 9.25. The molecule has 2 aromatic carbocycles. The van der Waals surface area contributed by atoms with Crippen molar-refractivity contribution in [2.24, 2.45) is 11.8 Å². The van der Waals surface area contributed by atoms with E-state index < -0.39 is 5.60 Å². The van der Waals surface area contributed by atoms with Gasteiger partial charge in [0.05, 0.1) is 11.3 Å². The molecule has 0 bridgehead atoms. The van der Waals surface area contributed by atoms with Crippen molar-refractivity contribution in [3.63, 3.8) is 0 Å². The molecule has 0 spiro atoms. The number of benzene rings is 2. The summed E-state index contributed by atoms with van der Waals surface area (Å²) in [6, 6.07) is 15.9. The van der Waals surface area contributed by atoms with Gasteiger partial charge in [0, 0.05) is 49.2 Å². The summed E-state index contributed by atoms with van der Waals surface area (Å²) in [5.41, 5.74) is 2.85. The van der Waals surface area contributed by atoms with E-state index in [0.29, 0.717) is 54.5 Å². The maximum atomic E-state index is 13.3. The van der Waals surface area contributed by atoms with Crippen LogP contribution in [0.2, 0.25) is 0 Å². The van der Waals surface area contributed by atoms with Crippen LogP contribution in [0.1, 0.15) is 70.9 Å². The third kappa shape index (κ3) is 7.56. The van der Waals surface area contributed by atoms with Crippen LogP contribution in [0.25, 0.3) is 22.0 Å². The van der Waals surface area contributed by atoms with Gasteiger partial charge in [0.1, 0.15) is 17.1 Å². The number of anilines is 1. The summed E-state index contributed by atoms with van der Waals surface area (Å²) in [6.45, 7) is 11.0. The van der Waals surface area contributed by atoms with Crippen molar-refractivity contribution in [2.75, 3.05) is 18.4 Å². The van der Waals surface area contributed by atoms with Gasteiger partial charge < -0.3 is 19.7 Å². The third-order valence-electron chi connectivity index (χ3n) is 9.25. The number of aryl methyl sites for hydroxylation is 1. The first-order valence-electron chi connectivity index (χ1n) is 16.8.